The van der Waals surface area contributed by atoms with Gasteiger partial charge in [-0.1, -0.05) is 0 Å². The Kier molecular flexibility index (Phi) is 6.22. The van der Waals surface area contributed by atoms with Gasteiger partial charge in [0.2, 0.25) is 5.75 Å². The third-order valence-electron chi connectivity index (χ3n) is 5.60. The number of nitrogens with one attached hydrogen (secondary N) is 3. The van der Waals surface area contributed by atoms with E-state index < -0.39 is 0 Å². The number of piperidine rings is 1. The van der Waals surface area contributed by atoms with Crippen molar-refractivity contribution in [2.45, 2.75) is 12.8 Å². The van der Waals surface area contributed by atoms with Gasteiger partial charge in [0.1, 0.15) is 5.52 Å². The number of H-pyrrole nitrogens is 1. The lowest BCUT2D eigenvalue weighted by Gasteiger charge is -2.22. The highest BCUT2D eigenvalue weighted by molar-refractivity contribution is 6.04. The van der Waals surface area contributed by atoms with Crippen LogP contribution in [0.3, 0.4) is 0 Å². The fourth-order valence-electron chi connectivity index (χ4n) is 3.85. The van der Waals surface area contributed by atoms with Gasteiger partial charge in [-0.05, 0) is 44.0 Å². The summed E-state index contributed by atoms with van der Waals surface area (Å²) in [5.74, 6) is 1.89. The van der Waals surface area contributed by atoms with Crippen molar-refractivity contribution in [3.05, 3.63) is 30.1 Å². The Hall–Kier alpha value is -3.33. The zero-order valence-electron chi connectivity index (χ0n) is 17.9. The van der Waals surface area contributed by atoms with Crippen molar-refractivity contribution in [2.75, 3.05) is 41.0 Å². The van der Waals surface area contributed by atoms with Gasteiger partial charge in [-0.3, -0.25) is 4.79 Å². The molecule has 9 nitrogen and oxygen atoms in total. The van der Waals surface area contributed by atoms with E-state index in [1.807, 2.05) is 0 Å². The molecule has 1 saturated heterocycles. The van der Waals surface area contributed by atoms with Crippen LogP contribution < -0.4 is 24.8 Å². The lowest BCUT2D eigenvalue weighted by Crippen LogP contribution is -2.35. The molecule has 164 valence electrons. The highest BCUT2D eigenvalue weighted by Gasteiger charge is 2.19. The Bertz CT molecular complexity index is 1050. The summed E-state index contributed by atoms with van der Waals surface area (Å²) in [6.07, 6.45) is 5.44. The van der Waals surface area contributed by atoms with Crippen LogP contribution in [0.4, 0.5) is 0 Å². The first kappa shape index (κ1) is 20.9. The minimum absolute atomic E-state index is 0.152. The molecular weight excluding hydrogens is 398 g/mol. The topological polar surface area (TPSA) is 110 Å². The van der Waals surface area contributed by atoms with Crippen LogP contribution in [-0.2, 0) is 0 Å². The highest BCUT2D eigenvalue weighted by atomic mass is 16.5. The number of carbonyl (C=O) groups excluding carboxylic acids is 1. The number of aromatic amines is 1. The Labute approximate surface area is 180 Å². The third-order valence-corrected chi connectivity index (χ3v) is 5.60. The smallest absolute Gasteiger partial charge is 0.255 e. The van der Waals surface area contributed by atoms with Gasteiger partial charge in [0.25, 0.3) is 5.91 Å². The van der Waals surface area contributed by atoms with E-state index in [4.69, 9.17) is 19.2 Å². The van der Waals surface area contributed by atoms with Gasteiger partial charge in [0.15, 0.2) is 17.1 Å². The molecule has 0 aliphatic carbocycles. The second-order valence-corrected chi connectivity index (χ2v) is 7.47. The van der Waals surface area contributed by atoms with Crippen molar-refractivity contribution < 1.29 is 19.0 Å². The molecule has 3 aromatic rings. The first-order valence-electron chi connectivity index (χ1n) is 10.3. The number of hydrogen-bond donors (Lipinski definition) is 3. The SMILES string of the molecule is COc1cc(-c2cnc3[nH]cc(C(=O)NCC4CCNCC4)c3n2)cc(OC)c1OC. The predicted molar refractivity (Wildman–Crippen MR) is 117 cm³/mol. The van der Waals surface area contributed by atoms with Crippen molar-refractivity contribution >= 4 is 17.1 Å². The van der Waals surface area contributed by atoms with Crippen LogP contribution in [-0.4, -0.2) is 61.8 Å². The van der Waals surface area contributed by atoms with Crippen LogP contribution in [0.15, 0.2) is 24.5 Å². The number of ether oxygens (including phenoxy) is 3. The van der Waals surface area contributed by atoms with E-state index in [9.17, 15) is 4.79 Å². The Morgan fingerprint density at radius 2 is 1.84 bits per heavy atom. The fraction of sp³-hybridized carbons (Fsp3) is 0.409. The number of fused-ring (bicyclic) bond motifs is 1. The standard InChI is InChI=1S/C22H27N5O4/c1-29-17-8-14(9-18(30-2)20(17)31-3)16-12-25-21-19(27-16)15(11-24-21)22(28)26-10-13-4-6-23-7-5-13/h8-9,11-13,23H,4-7,10H2,1-3H3,(H,24,25)(H,26,28). The van der Waals surface area contributed by atoms with E-state index >= 15 is 0 Å². The molecule has 0 unspecified atom stereocenters. The molecule has 1 aliphatic heterocycles. The molecule has 3 N–H and O–H groups in total. The summed E-state index contributed by atoms with van der Waals surface area (Å²) in [5.41, 5.74) is 2.90. The molecule has 9 heteroatoms. The second kappa shape index (κ2) is 9.22. The molecule has 0 radical (unpaired) electrons. The highest BCUT2D eigenvalue weighted by Crippen LogP contribution is 2.40. The normalized spacial score (nSPS) is 14.4. The van der Waals surface area contributed by atoms with E-state index in [1.165, 1.54) is 0 Å². The van der Waals surface area contributed by atoms with Gasteiger partial charge in [-0.25, -0.2) is 9.97 Å². The summed E-state index contributed by atoms with van der Waals surface area (Å²) in [4.78, 5) is 25.0. The first-order chi connectivity index (χ1) is 15.1. The summed E-state index contributed by atoms with van der Waals surface area (Å²) in [6.45, 7) is 2.65. The zero-order chi connectivity index (χ0) is 21.8. The molecule has 4 rings (SSSR count). The number of amides is 1. The maximum atomic E-state index is 12.8. The van der Waals surface area contributed by atoms with E-state index in [-0.39, 0.29) is 5.91 Å². The van der Waals surface area contributed by atoms with Crippen molar-refractivity contribution in [3.63, 3.8) is 0 Å². The molecule has 0 spiro atoms. The maximum Gasteiger partial charge on any atom is 0.255 e. The van der Waals surface area contributed by atoms with E-state index in [2.05, 4.69) is 20.6 Å². The number of aromatic nitrogens is 3. The van der Waals surface area contributed by atoms with Gasteiger partial charge in [0.05, 0.1) is 38.8 Å². The quantitative estimate of drug-likeness (QED) is 0.533. The minimum Gasteiger partial charge on any atom is -0.493 e. The van der Waals surface area contributed by atoms with Crippen LogP contribution in [0.25, 0.3) is 22.4 Å². The van der Waals surface area contributed by atoms with Crippen molar-refractivity contribution in [1.29, 1.82) is 0 Å². The summed E-state index contributed by atoms with van der Waals surface area (Å²) < 4.78 is 16.3. The molecule has 0 atom stereocenters. The van der Waals surface area contributed by atoms with Crippen LogP contribution in [0, 0.1) is 5.92 Å². The summed E-state index contributed by atoms with van der Waals surface area (Å²) in [5, 5.41) is 6.38. The number of benzene rings is 1. The van der Waals surface area contributed by atoms with Gasteiger partial charge in [-0.15, -0.1) is 0 Å². The molecule has 1 amide bonds. The number of nitrogens with zero attached hydrogens (tertiary/aromatic N) is 2. The average Bonchev–Trinajstić information content (AvgIpc) is 3.25. The van der Waals surface area contributed by atoms with Crippen LogP contribution >= 0.6 is 0 Å². The Morgan fingerprint density at radius 1 is 1.13 bits per heavy atom. The number of hydrogen-bond acceptors (Lipinski definition) is 7. The molecule has 1 aliphatic rings. The summed E-state index contributed by atoms with van der Waals surface area (Å²) in [6, 6.07) is 3.61. The molecule has 1 fully saturated rings. The van der Waals surface area contributed by atoms with Crippen molar-refractivity contribution in [3.8, 4) is 28.5 Å². The van der Waals surface area contributed by atoms with Crippen molar-refractivity contribution in [2.24, 2.45) is 5.92 Å². The first-order valence-corrected chi connectivity index (χ1v) is 10.3. The Balaban J connectivity index is 1.63. The van der Waals surface area contributed by atoms with Crippen LogP contribution in [0.1, 0.15) is 23.2 Å². The maximum absolute atomic E-state index is 12.8. The van der Waals surface area contributed by atoms with Crippen LogP contribution in [0.2, 0.25) is 0 Å². The molecule has 2 aromatic heterocycles. The number of rotatable bonds is 7. The number of methoxy groups -OCH3 is 3. The van der Waals surface area contributed by atoms with Gasteiger partial charge in [-0.2, -0.15) is 0 Å². The lowest BCUT2D eigenvalue weighted by molar-refractivity contribution is 0.0945. The van der Waals surface area contributed by atoms with E-state index in [0.717, 1.165) is 31.5 Å². The molecular formula is C22H27N5O4. The molecule has 31 heavy (non-hydrogen) atoms. The molecule has 0 saturated carbocycles. The molecule has 1 aromatic carbocycles. The van der Waals surface area contributed by atoms with E-state index in [1.54, 1.807) is 45.9 Å². The third kappa shape index (κ3) is 4.27. The summed E-state index contributed by atoms with van der Waals surface area (Å²) in [7, 11) is 4.68. The van der Waals surface area contributed by atoms with Gasteiger partial charge < -0.3 is 29.8 Å². The second-order valence-electron chi connectivity index (χ2n) is 7.47. The minimum atomic E-state index is -0.152. The van der Waals surface area contributed by atoms with E-state index in [0.29, 0.717) is 52.1 Å². The zero-order valence-corrected chi connectivity index (χ0v) is 17.9. The number of carbonyl (C=O) groups is 1. The lowest BCUT2D eigenvalue weighted by atomic mass is 9.98. The summed E-state index contributed by atoms with van der Waals surface area (Å²) >= 11 is 0. The average molecular weight is 425 g/mol. The Morgan fingerprint density at radius 3 is 2.48 bits per heavy atom. The monoisotopic (exact) mass is 425 g/mol. The predicted octanol–water partition coefficient (Wildman–Crippen LogP) is 2.38. The van der Waals surface area contributed by atoms with Crippen molar-refractivity contribution in [1.82, 2.24) is 25.6 Å². The molecule has 0 bridgehead atoms. The van der Waals surface area contributed by atoms with Crippen LogP contribution in [0.5, 0.6) is 17.2 Å². The fourth-order valence-corrected chi connectivity index (χ4v) is 3.85. The largest absolute Gasteiger partial charge is 0.493 e. The van der Waals surface area contributed by atoms with Gasteiger partial charge >= 0.3 is 0 Å². The molecule has 3 heterocycles. The van der Waals surface area contributed by atoms with Gasteiger partial charge in [0, 0.05) is 18.3 Å².